The van der Waals surface area contributed by atoms with E-state index in [2.05, 4.69) is 67.8 Å². The standard InChI is InChI=1S/C42H79NO/c1-4-6-8-10-12-14-16-18-20-22-24-26-28-30-32-34-38-42(44,40-36-37-41-43-3)39-35-33-31-29-27-25-23-21-19-17-15-13-11-9-7-5-2/h12-15,18-21,43-44H,4-11,16-17,22-41H2,1-3H3/b14-12-,15-13-,20-18-,21-19-. The Labute approximate surface area is 277 Å². The highest BCUT2D eigenvalue weighted by atomic mass is 16.3. The van der Waals surface area contributed by atoms with Gasteiger partial charge in [0.1, 0.15) is 0 Å². The minimum absolute atomic E-state index is 0.432. The maximum Gasteiger partial charge on any atom is 0.0647 e. The van der Waals surface area contributed by atoms with E-state index in [1.54, 1.807) is 0 Å². The predicted molar refractivity (Wildman–Crippen MR) is 201 cm³/mol. The molecule has 0 bridgehead atoms. The van der Waals surface area contributed by atoms with Crippen LogP contribution >= 0.6 is 0 Å². The van der Waals surface area contributed by atoms with E-state index in [1.807, 2.05) is 7.05 Å². The Morgan fingerprint density at radius 3 is 1.09 bits per heavy atom. The third kappa shape index (κ3) is 33.8. The highest BCUT2D eigenvalue weighted by Crippen LogP contribution is 2.28. The molecule has 0 radical (unpaired) electrons. The Hall–Kier alpha value is -1.12. The van der Waals surface area contributed by atoms with Crippen molar-refractivity contribution in [3.05, 3.63) is 48.6 Å². The first-order valence-electron chi connectivity index (χ1n) is 19.7. The van der Waals surface area contributed by atoms with E-state index in [4.69, 9.17) is 0 Å². The molecule has 258 valence electrons. The number of aliphatic hydroxyl groups is 1. The van der Waals surface area contributed by atoms with Crippen molar-refractivity contribution in [2.45, 2.75) is 206 Å². The summed E-state index contributed by atoms with van der Waals surface area (Å²) < 4.78 is 0. The lowest BCUT2D eigenvalue weighted by atomic mass is 9.85. The van der Waals surface area contributed by atoms with Crippen molar-refractivity contribution >= 4 is 0 Å². The molecule has 0 fully saturated rings. The predicted octanol–water partition coefficient (Wildman–Crippen LogP) is 13.5. The van der Waals surface area contributed by atoms with E-state index in [0.29, 0.717) is 0 Å². The van der Waals surface area contributed by atoms with Crippen molar-refractivity contribution in [2.75, 3.05) is 13.6 Å². The Bertz CT molecular complexity index is 613. The van der Waals surface area contributed by atoms with Crippen molar-refractivity contribution in [1.82, 2.24) is 5.32 Å². The Morgan fingerprint density at radius 2 is 0.727 bits per heavy atom. The lowest BCUT2D eigenvalue weighted by molar-refractivity contribution is 0.00724. The molecule has 0 unspecified atom stereocenters. The first kappa shape index (κ1) is 42.9. The van der Waals surface area contributed by atoms with Crippen molar-refractivity contribution in [2.24, 2.45) is 0 Å². The fourth-order valence-corrected chi connectivity index (χ4v) is 6.02. The van der Waals surface area contributed by atoms with Gasteiger partial charge in [-0.1, -0.05) is 152 Å². The highest BCUT2D eigenvalue weighted by molar-refractivity contribution is 4.93. The molecule has 0 spiro atoms. The summed E-state index contributed by atoms with van der Waals surface area (Å²) in [6.45, 7) is 5.59. The van der Waals surface area contributed by atoms with Gasteiger partial charge < -0.3 is 10.4 Å². The van der Waals surface area contributed by atoms with Crippen molar-refractivity contribution in [3.63, 3.8) is 0 Å². The Balaban J connectivity index is 3.90. The number of rotatable bonds is 35. The lowest BCUT2D eigenvalue weighted by Crippen LogP contribution is -2.29. The minimum Gasteiger partial charge on any atom is -0.390 e. The smallest absolute Gasteiger partial charge is 0.0647 e. The van der Waals surface area contributed by atoms with E-state index in [1.165, 1.54) is 148 Å². The molecule has 0 aromatic rings. The molecule has 0 aliphatic rings. The second-order valence-electron chi connectivity index (χ2n) is 13.5. The van der Waals surface area contributed by atoms with Gasteiger partial charge in [0.25, 0.3) is 0 Å². The molecule has 0 aliphatic carbocycles. The van der Waals surface area contributed by atoms with Crippen LogP contribution in [-0.4, -0.2) is 24.3 Å². The zero-order chi connectivity index (χ0) is 32.1. The minimum atomic E-state index is -0.432. The molecule has 2 heteroatoms. The summed E-state index contributed by atoms with van der Waals surface area (Å²) in [5.41, 5.74) is -0.432. The summed E-state index contributed by atoms with van der Waals surface area (Å²) in [6, 6.07) is 0. The van der Waals surface area contributed by atoms with Gasteiger partial charge in [-0.2, -0.15) is 0 Å². The van der Waals surface area contributed by atoms with Gasteiger partial charge in [0, 0.05) is 0 Å². The summed E-state index contributed by atoms with van der Waals surface area (Å²) in [5, 5.41) is 14.8. The summed E-state index contributed by atoms with van der Waals surface area (Å²) >= 11 is 0. The van der Waals surface area contributed by atoms with Gasteiger partial charge in [-0.15, -0.1) is 0 Å². The molecule has 0 amide bonds. The number of nitrogens with one attached hydrogen (secondary N) is 1. The van der Waals surface area contributed by atoms with Gasteiger partial charge >= 0.3 is 0 Å². The molecule has 0 atom stereocenters. The SMILES string of the molecule is CCCCC/C=C\C/C=C\CCCCCCCCC(O)(CCCCCCCC/C=C\C/C=C\CCCCC)CCCCNC. The zero-order valence-corrected chi connectivity index (χ0v) is 30.3. The van der Waals surface area contributed by atoms with Crippen LogP contribution in [0.1, 0.15) is 200 Å². The topological polar surface area (TPSA) is 32.3 Å². The molecular weight excluding hydrogens is 534 g/mol. The van der Waals surface area contributed by atoms with E-state index in [-0.39, 0.29) is 0 Å². The lowest BCUT2D eigenvalue weighted by Gasteiger charge is -2.29. The molecule has 44 heavy (non-hydrogen) atoms. The monoisotopic (exact) mass is 614 g/mol. The van der Waals surface area contributed by atoms with Gasteiger partial charge in [-0.3, -0.25) is 0 Å². The van der Waals surface area contributed by atoms with Crippen LogP contribution in [0, 0.1) is 0 Å². The van der Waals surface area contributed by atoms with Gasteiger partial charge in [0.2, 0.25) is 0 Å². The highest BCUT2D eigenvalue weighted by Gasteiger charge is 2.25. The first-order valence-corrected chi connectivity index (χ1v) is 19.7. The fourth-order valence-electron chi connectivity index (χ4n) is 6.02. The van der Waals surface area contributed by atoms with Crippen LogP contribution in [0.15, 0.2) is 48.6 Å². The molecular formula is C42H79NO. The van der Waals surface area contributed by atoms with Gasteiger partial charge in [-0.25, -0.2) is 0 Å². The van der Waals surface area contributed by atoms with Crippen LogP contribution in [0.3, 0.4) is 0 Å². The average Bonchev–Trinajstić information content (AvgIpc) is 3.03. The van der Waals surface area contributed by atoms with E-state index in [9.17, 15) is 5.11 Å². The fraction of sp³-hybridized carbons (Fsp3) is 0.810. The Kier molecular flexibility index (Phi) is 35.4. The zero-order valence-electron chi connectivity index (χ0n) is 30.3. The first-order chi connectivity index (χ1) is 21.7. The Morgan fingerprint density at radius 1 is 0.409 bits per heavy atom. The van der Waals surface area contributed by atoms with E-state index >= 15 is 0 Å². The van der Waals surface area contributed by atoms with Crippen molar-refractivity contribution < 1.29 is 5.11 Å². The maximum atomic E-state index is 11.5. The summed E-state index contributed by atoms with van der Waals surface area (Å²) in [4.78, 5) is 0. The number of hydrogen-bond donors (Lipinski definition) is 2. The average molecular weight is 614 g/mol. The molecule has 0 heterocycles. The molecule has 0 aromatic heterocycles. The second-order valence-corrected chi connectivity index (χ2v) is 13.5. The largest absolute Gasteiger partial charge is 0.390 e. The quantitative estimate of drug-likeness (QED) is 0.0550. The van der Waals surface area contributed by atoms with Gasteiger partial charge in [0.15, 0.2) is 0 Å². The number of unbranched alkanes of at least 4 members (excludes halogenated alkanes) is 19. The van der Waals surface area contributed by atoms with Crippen molar-refractivity contribution in [1.29, 1.82) is 0 Å². The molecule has 0 rings (SSSR count). The normalized spacial score (nSPS) is 12.7. The molecule has 0 aliphatic heterocycles. The third-order valence-electron chi connectivity index (χ3n) is 9.00. The van der Waals surface area contributed by atoms with Gasteiger partial charge in [0.05, 0.1) is 5.60 Å². The maximum absolute atomic E-state index is 11.5. The number of hydrogen-bond acceptors (Lipinski definition) is 2. The van der Waals surface area contributed by atoms with Crippen LogP contribution in [0.25, 0.3) is 0 Å². The van der Waals surface area contributed by atoms with Crippen molar-refractivity contribution in [3.8, 4) is 0 Å². The second kappa shape index (κ2) is 36.3. The number of allylic oxidation sites excluding steroid dienone is 8. The van der Waals surface area contributed by atoms with Crippen LogP contribution < -0.4 is 5.32 Å². The van der Waals surface area contributed by atoms with E-state index in [0.717, 1.165) is 45.1 Å². The van der Waals surface area contributed by atoms with Crippen LogP contribution in [0.4, 0.5) is 0 Å². The molecule has 2 N–H and O–H groups in total. The van der Waals surface area contributed by atoms with Gasteiger partial charge in [-0.05, 0) is 110 Å². The molecule has 0 aromatic carbocycles. The third-order valence-corrected chi connectivity index (χ3v) is 9.00. The van der Waals surface area contributed by atoms with Crippen LogP contribution in [0.5, 0.6) is 0 Å². The van der Waals surface area contributed by atoms with E-state index < -0.39 is 5.60 Å². The molecule has 0 saturated heterocycles. The molecule has 2 nitrogen and oxygen atoms in total. The summed E-state index contributed by atoms with van der Waals surface area (Å²) in [5.74, 6) is 0. The molecule has 0 saturated carbocycles. The van der Waals surface area contributed by atoms with Crippen LogP contribution in [-0.2, 0) is 0 Å². The summed E-state index contributed by atoms with van der Waals surface area (Å²) in [6.07, 6.45) is 54.8. The van der Waals surface area contributed by atoms with Crippen LogP contribution in [0.2, 0.25) is 0 Å². The summed E-state index contributed by atoms with van der Waals surface area (Å²) in [7, 11) is 2.03.